The molecule has 1 aromatic carbocycles. The summed E-state index contributed by atoms with van der Waals surface area (Å²) in [6.07, 6.45) is 1.24. The molecular formula is C16H14F2N4O3. The van der Waals surface area contributed by atoms with Crippen molar-refractivity contribution in [1.82, 2.24) is 15.5 Å². The molecule has 25 heavy (non-hydrogen) atoms. The largest absolute Gasteiger partial charge is 0.382 e. The van der Waals surface area contributed by atoms with Gasteiger partial charge in [0, 0.05) is 17.9 Å². The summed E-state index contributed by atoms with van der Waals surface area (Å²) in [6.45, 7) is 0.0715. The molecule has 1 N–H and O–H groups in total. The van der Waals surface area contributed by atoms with E-state index in [1.165, 1.54) is 0 Å². The first-order valence-corrected chi connectivity index (χ1v) is 7.88. The molecule has 1 fully saturated rings. The number of nitrogens with zero attached hydrogens (tertiary/aromatic N) is 3. The zero-order valence-corrected chi connectivity index (χ0v) is 13.0. The maximum Gasteiger partial charge on any atom is 0.264 e. The van der Waals surface area contributed by atoms with Crippen molar-refractivity contribution in [2.45, 2.75) is 37.8 Å². The van der Waals surface area contributed by atoms with Crippen molar-refractivity contribution < 1.29 is 22.9 Å². The standard InChI is InChI=1S/C16H14F2N4O3/c17-9-3-4-11(18)10(5-9)12-6-13(24-21-12)16(23)19-7-14-20-15(22-25-14)8-1-2-8/h3-5,8,13H,1-2,6-7H2,(H,19,23). The molecule has 1 aromatic heterocycles. The molecular weight excluding hydrogens is 334 g/mol. The number of carbonyl (C=O) groups is 1. The highest BCUT2D eigenvalue weighted by molar-refractivity contribution is 6.04. The third-order valence-electron chi connectivity index (χ3n) is 4.04. The molecule has 0 radical (unpaired) electrons. The van der Waals surface area contributed by atoms with Crippen LogP contribution in [0.1, 0.15) is 42.5 Å². The van der Waals surface area contributed by atoms with Crippen LogP contribution in [-0.2, 0) is 16.2 Å². The van der Waals surface area contributed by atoms with Crippen LogP contribution in [0.15, 0.2) is 27.9 Å². The van der Waals surface area contributed by atoms with Gasteiger partial charge >= 0.3 is 0 Å². The van der Waals surface area contributed by atoms with E-state index >= 15 is 0 Å². The Balaban J connectivity index is 1.33. The summed E-state index contributed by atoms with van der Waals surface area (Å²) in [4.78, 5) is 21.4. The third kappa shape index (κ3) is 3.35. The molecule has 1 atom stereocenters. The lowest BCUT2D eigenvalue weighted by atomic mass is 10.0. The fourth-order valence-electron chi connectivity index (χ4n) is 2.52. The van der Waals surface area contributed by atoms with E-state index in [9.17, 15) is 13.6 Å². The number of benzene rings is 1. The van der Waals surface area contributed by atoms with Crippen molar-refractivity contribution in [3.8, 4) is 0 Å². The van der Waals surface area contributed by atoms with E-state index in [1.807, 2.05) is 0 Å². The van der Waals surface area contributed by atoms with Crippen molar-refractivity contribution in [2.24, 2.45) is 5.16 Å². The van der Waals surface area contributed by atoms with E-state index in [2.05, 4.69) is 20.6 Å². The number of amides is 1. The first-order chi connectivity index (χ1) is 12.1. The molecule has 9 heteroatoms. The predicted molar refractivity (Wildman–Crippen MR) is 80.5 cm³/mol. The average molecular weight is 348 g/mol. The molecule has 130 valence electrons. The van der Waals surface area contributed by atoms with Gasteiger partial charge in [-0.2, -0.15) is 4.98 Å². The van der Waals surface area contributed by atoms with Crippen molar-refractivity contribution in [2.75, 3.05) is 0 Å². The molecule has 0 spiro atoms. The molecule has 2 heterocycles. The lowest BCUT2D eigenvalue weighted by Gasteiger charge is -2.07. The lowest BCUT2D eigenvalue weighted by Crippen LogP contribution is -2.34. The van der Waals surface area contributed by atoms with Crippen molar-refractivity contribution in [3.63, 3.8) is 0 Å². The summed E-state index contributed by atoms with van der Waals surface area (Å²) in [7, 11) is 0. The molecule has 0 bridgehead atoms. The fourth-order valence-corrected chi connectivity index (χ4v) is 2.52. The van der Waals surface area contributed by atoms with Gasteiger partial charge in [0.2, 0.25) is 12.0 Å². The first-order valence-electron chi connectivity index (χ1n) is 7.88. The van der Waals surface area contributed by atoms with E-state index in [0.717, 1.165) is 31.0 Å². The van der Waals surface area contributed by atoms with Crippen molar-refractivity contribution in [1.29, 1.82) is 0 Å². The van der Waals surface area contributed by atoms with Crippen molar-refractivity contribution in [3.05, 3.63) is 47.1 Å². The Hall–Kier alpha value is -2.84. The molecule has 7 nitrogen and oxygen atoms in total. The minimum atomic E-state index is -0.913. The maximum absolute atomic E-state index is 13.8. The molecule has 0 saturated heterocycles. The summed E-state index contributed by atoms with van der Waals surface area (Å²) in [5, 5.41) is 10.2. The van der Waals surface area contributed by atoms with Gasteiger partial charge in [-0.05, 0) is 31.0 Å². The van der Waals surface area contributed by atoms with Crippen molar-refractivity contribution >= 4 is 11.6 Å². The highest BCUT2D eigenvalue weighted by Gasteiger charge is 2.31. The zero-order valence-electron chi connectivity index (χ0n) is 13.0. The Labute approximate surface area is 141 Å². The maximum atomic E-state index is 13.8. The van der Waals surface area contributed by atoms with Crippen LogP contribution in [0.5, 0.6) is 0 Å². The predicted octanol–water partition coefficient (Wildman–Crippen LogP) is 2.03. The van der Waals surface area contributed by atoms with Gasteiger partial charge in [0.25, 0.3) is 5.91 Å². The minimum absolute atomic E-state index is 0.0127. The van der Waals surface area contributed by atoms with Gasteiger partial charge < -0.3 is 14.7 Å². The van der Waals surface area contributed by atoms with Gasteiger partial charge in [-0.3, -0.25) is 4.79 Å². The lowest BCUT2D eigenvalue weighted by molar-refractivity contribution is -0.131. The highest BCUT2D eigenvalue weighted by atomic mass is 19.1. The van der Waals surface area contributed by atoms with Crippen LogP contribution < -0.4 is 5.32 Å². The van der Waals surface area contributed by atoms with Crippen LogP contribution in [0, 0.1) is 11.6 Å². The minimum Gasteiger partial charge on any atom is -0.382 e. The Kier molecular flexibility index (Phi) is 3.90. The van der Waals surface area contributed by atoms with Gasteiger partial charge in [-0.1, -0.05) is 10.3 Å². The van der Waals surface area contributed by atoms with Gasteiger partial charge in [0.1, 0.15) is 11.6 Å². The van der Waals surface area contributed by atoms with Crippen LogP contribution >= 0.6 is 0 Å². The van der Waals surface area contributed by atoms with E-state index in [1.54, 1.807) is 0 Å². The van der Waals surface area contributed by atoms with Crippen LogP contribution in [-0.4, -0.2) is 27.9 Å². The molecule has 1 aliphatic carbocycles. The Morgan fingerprint density at radius 1 is 1.32 bits per heavy atom. The van der Waals surface area contributed by atoms with Gasteiger partial charge in [0.05, 0.1) is 12.3 Å². The Morgan fingerprint density at radius 3 is 2.96 bits per heavy atom. The molecule has 2 aliphatic rings. The highest BCUT2D eigenvalue weighted by Crippen LogP contribution is 2.38. The molecule has 4 rings (SSSR count). The van der Waals surface area contributed by atoms with E-state index in [4.69, 9.17) is 9.36 Å². The van der Waals surface area contributed by atoms with E-state index < -0.39 is 23.6 Å². The fraction of sp³-hybridized carbons (Fsp3) is 0.375. The second kappa shape index (κ2) is 6.23. The summed E-state index contributed by atoms with van der Waals surface area (Å²) < 4.78 is 32.1. The summed E-state index contributed by atoms with van der Waals surface area (Å²) in [5.41, 5.74) is 0.173. The zero-order chi connectivity index (χ0) is 17.4. The number of halogens is 2. The number of aromatic nitrogens is 2. The van der Waals surface area contributed by atoms with Crippen LogP contribution in [0.25, 0.3) is 0 Å². The van der Waals surface area contributed by atoms with Gasteiger partial charge in [-0.15, -0.1) is 0 Å². The monoisotopic (exact) mass is 348 g/mol. The quantitative estimate of drug-likeness (QED) is 0.893. The van der Waals surface area contributed by atoms with Gasteiger partial charge in [0.15, 0.2) is 5.82 Å². The second-order valence-electron chi connectivity index (χ2n) is 6.00. The number of oxime groups is 1. The van der Waals surface area contributed by atoms with E-state index in [0.29, 0.717) is 17.6 Å². The van der Waals surface area contributed by atoms with Gasteiger partial charge in [-0.25, -0.2) is 8.78 Å². The summed E-state index contributed by atoms with van der Waals surface area (Å²) >= 11 is 0. The molecule has 1 amide bonds. The number of nitrogens with one attached hydrogen (secondary N) is 1. The summed E-state index contributed by atoms with van der Waals surface area (Å²) in [5.74, 6) is -0.317. The first kappa shape index (κ1) is 15.7. The molecule has 2 aromatic rings. The number of rotatable bonds is 5. The SMILES string of the molecule is O=C(NCc1nc(C2CC2)no1)C1CC(c2cc(F)ccc2F)=NO1. The Morgan fingerprint density at radius 2 is 2.16 bits per heavy atom. The Bertz CT molecular complexity index is 848. The molecule has 1 saturated carbocycles. The van der Waals surface area contributed by atoms with Crippen LogP contribution in [0.4, 0.5) is 8.78 Å². The second-order valence-corrected chi connectivity index (χ2v) is 6.00. The molecule has 1 unspecified atom stereocenters. The summed E-state index contributed by atoms with van der Waals surface area (Å²) in [6, 6.07) is 3.04. The molecule has 1 aliphatic heterocycles. The van der Waals surface area contributed by atoms with Crippen LogP contribution in [0.2, 0.25) is 0 Å². The smallest absolute Gasteiger partial charge is 0.264 e. The van der Waals surface area contributed by atoms with Crippen LogP contribution in [0.3, 0.4) is 0 Å². The van der Waals surface area contributed by atoms with E-state index in [-0.39, 0.29) is 24.2 Å². The number of hydrogen-bond donors (Lipinski definition) is 1. The third-order valence-corrected chi connectivity index (χ3v) is 4.04. The normalized spacial score (nSPS) is 19.4. The number of carbonyl (C=O) groups excluding carboxylic acids is 1. The average Bonchev–Trinajstić information content (AvgIpc) is 3.15. The topological polar surface area (TPSA) is 89.6 Å². The number of hydrogen-bond acceptors (Lipinski definition) is 6.